The van der Waals surface area contributed by atoms with Crippen molar-refractivity contribution in [2.24, 2.45) is 5.73 Å². The van der Waals surface area contributed by atoms with Gasteiger partial charge in [-0.2, -0.15) is 0 Å². The predicted molar refractivity (Wildman–Crippen MR) is 89.0 cm³/mol. The number of hydrogen-bond donors (Lipinski definition) is 2. The topological polar surface area (TPSA) is 55.1 Å². The summed E-state index contributed by atoms with van der Waals surface area (Å²) in [6.45, 7) is 0.948. The third-order valence-electron chi connectivity index (χ3n) is 4.40. The molecule has 0 unspecified atom stereocenters. The summed E-state index contributed by atoms with van der Waals surface area (Å²) in [7, 11) is 0. The molecule has 0 atom stereocenters. The second-order valence-electron chi connectivity index (χ2n) is 5.99. The molecule has 1 amide bonds. The van der Waals surface area contributed by atoms with Crippen molar-refractivity contribution < 1.29 is 9.18 Å². The van der Waals surface area contributed by atoms with Crippen molar-refractivity contribution in [2.45, 2.75) is 24.8 Å². The maximum absolute atomic E-state index is 13.2. The molecule has 1 aliphatic rings. The van der Waals surface area contributed by atoms with E-state index in [0.717, 1.165) is 24.0 Å². The third-order valence-corrected chi connectivity index (χ3v) is 4.71. The molecule has 0 radical (unpaired) electrons. The van der Waals surface area contributed by atoms with E-state index >= 15 is 0 Å². The molecule has 5 heteroatoms. The lowest BCUT2D eigenvalue weighted by molar-refractivity contribution is 0.0949. The van der Waals surface area contributed by atoms with Crippen LogP contribution in [0.3, 0.4) is 0 Å². The smallest absolute Gasteiger partial charge is 0.251 e. The molecule has 23 heavy (non-hydrogen) atoms. The maximum Gasteiger partial charge on any atom is 0.251 e. The van der Waals surface area contributed by atoms with Crippen molar-refractivity contribution in [3.63, 3.8) is 0 Å². The Labute approximate surface area is 139 Å². The van der Waals surface area contributed by atoms with E-state index in [4.69, 9.17) is 17.3 Å². The zero-order valence-corrected chi connectivity index (χ0v) is 13.4. The van der Waals surface area contributed by atoms with Gasteiger partial charge in [0.2, 0.25) is 0 Å². The highest BCUT2D eigenvalue weighted by atomic mass is 35.5. The van der Waals surface area contributed by atoms with Crippen LogP contribution < -0.4 is 11.1 Å². The number of amides is 1. The van der Waals surface area contributed by atoms with Gasteiger partial charge in [-0.05, 0) is 48.2 Å². The Morgan fingerprint density at radius 3 is 2.48 bits per heavy atom. The Morgan fingerprint density at radius 2 is 1.91 bits per heavy atom. The first-order valence-electron chi connectivity index (χ1n) is 7.57. The summed E-state index contributed by atoms with van der Waals surface area (Å²) in [5.41, 5.74) is 7.87. The average Bonchev–Trinajstić information content (AvgIpc) is 3.33. The standard InChI is InChI=1S/C18H18ClFN2O/c19-16-9-14(20)5-6-15(16)18(7-8-18)11-22-17(23)13-3-1-12(10-21)2-4-13/h1-6,9H,7-8,10-11,21H2,(H,22,23). The number of benzene rings is 2. The van der Waals surface area contributed by atoms with Gasteiger partial charge in [0.15, 0.2) is 0 Å². The van der Waals surface area contributed by atoms with E-state index in [2.05, 4.69) is 5.32 Å². The molecular formula is C18H18ClFN2O. The number of halogens is 2. The molecule has 3 N–H and O–H groups in total. The highest BCUT2D eigenvalue weighted by molar-refractivity contribution is 6.31. The van der Waals surface area contributed by atoms with Crippen LogP contribution >= 0.6 is 11.6 Å². The van der Waals surface area contributed by atoms with Gasteiger partial charge in [0, 0.05) is 29.1 Å². The van der Waals surface area contributed by atoms with Crippen LogP contribution in [0, 0.1) is 5.82 Å². The number of hydrogen-bond acceptors (Lipinski definition) is 2. The van der Waals surface area contributed by atoms with E-state index in [0.29, 0.717) is 23.7 Å². The van der Waals surface area contributed by atoms with Crippen LogP contribution in [0.4, 0.5) is 4.39 Å². The molecular weight excluding hydrogens is 315 g/mol. The van der Waals surface area contributed by atoms with Crippen molar-refractivity contribution in [2.75, 3.05) is 6.54 Å². The second kappa shape index (κ2) is 6.30. The molecule has 0 aliphatic heterocycles. The van der Waals surface area contributed by atoms with Crippen LogP contribution in [-0.2, 0) is 12.0 Å². The van der Waals surface area contributed by atoms with Crippen LogP contribution in [0.5, 0.6) is 0 Å². The van der Waals surface area contributed by atoms with Crippen molar-refractivity contribution in [3.05, 3.63) is 70.0 Å². The van der Waals surface area contributed by atoms with Crippen LogP contribution in [0.2, 0.25) is 5.02 Å². The largest absolute Gasteiger partial charge is 0.351 e. The number of carbonyl (C=O) groups excluding carboxylic acids is 1. The van der Waals surface area contributed by atoms with Gasteiger partial charge in [0.1, 0.15) is 5.82 Å². The molecule has 2 aromatic rings. The van der Waals surface area contributed by atoms with Gasteiger partial charge in [0.25, 0.3) is 5.91 Å². The third kappa shape index (κ3) is 3.38. The van der Waals surface area contributed by atoms with E-state index in [-0.39, 0.29) is 17.1 Å². The first-order valence-corrected chi connectivity index (χ1v) is 7.95. The number of nitrogens with two attached hydrogens (primary N) is 1. The summed E-state index contributed by atoms with van der Waals surface area (Å²) in [6.07, 6.45) is 1.87. The molecule has 0 heterocycles. The lowest BCUT2D eigenvalue weighted by atomic mass is 9.95. The number of rotatable bonds is 5. The Balaban J connectivity index is 1.68. The minimum Gasteiger partial charge on any atom is -0.351 e. The average molecular weight is 333 g/mol. The summed E-state index contributed by atoms with van der Waals surface area (Å²) in [5, 5.41) is 3.38. The van der Waals surface area contributed by atoms with Gasteiger partial charge in [0.05, 0.1) is 0 Å². The SMILES string of the molecule is NCc1ccc(C(=O)NCC2(c3ccc(F)cc3Cl)CC2)cc1. The normalized spacial score (nSPS) is 15.3. The molecule has 120 valence electrons. The van der Waals surface area contributed by atoms with Gasteiger partial charge in [-0.15, -0.1) is 0 Å². The van der Waals surface area contributed by atoms with Crippen LogP contribution in [0.1, 0.15) is 34.3 Å². The zero-order chi connectivity index (χ0) is 16.4. The molecule has 0 spiro atoms. The lowest BCUT2D eigenvalue weighted by Gasteiger charge is -2.18. The fourth-order valence-corrected chi connectivity index (χ4v) is 3.12. The summed E-state index contributed by atoms with van der Waals surface area (Å²) in [4.78, 5) is 12.3. The van der Waals surface area contributed by atoms with Gasteiger partial charge in [-0.1, -0.05) is 29.8 Å². The minimum absolute atomic E-state index is 0.127. The van der Waals surface area contributed by atoms with Crippen molar-refractivity contribution in [1.82, 2.24) is 5.32 Å². The van der Waals surface area contributed by atoms with E-state index < -0.39 is 0 Å². The first-order chi connectivity index (χ1) is 11.0. The summed E-state index contributed by atoms with van der Waals surface area (Å²) >= 11 is 6.16. The molecule has 3 nitrogen and oxygen atoms in total. The Morgan fingerprint density at radius 1 is 1.22 bits per heavy atom. The second-order valence-corrected chi connectivity index (χ2v) is 6.40. The Hall–Kier alpha value is -1.91. The molecule has 0 aromatic heterocycles. The first kappa shape index (κ1) is 16.0. The molecule has 1 fully saturated rings. The van der Waals surface area contributed by atoms with E-state index in [1.165, 1.54) is 12.1 Å². The van der Waals surface area contributed by atoms with Gasteiger partial charge >= 0.3 is 0 Å². The summed E-state index contributed by atoms with van der Waals surface area (Å²) in [6, 6.07) is 11.7. The number of nitrogens with one attached hydrogen (secondary N) is 1. The highest BCUT2D eigenvalue weighted by Gasteiger charge is 2.45. The molecule has 3 rings (SSSR count). The monoisotopic (exact) mass is 332 g/mol. The highest BCUT2D eigenvalue weighted by Crippen LogP contribution is 2.50. The van der Waals surface area contributed by atoms with Gasteiger partial charge in [-0.25, -0.2) is 4.39 Å². The fourth-order valence-electron chi connectivity index (χ4n) is 2.76. The maximum atomic E-state index is 13.2. The van der Waals surface area contributed by atoms with Gasteiger partial charge < -0.3 is 11.1 Å². The quantitative estimate of drug-likeness (QED) is 0.881. The minimum atomic E-state index is -0.349. The molecule has 2 aromatic carbocycles. The van der Waals surface area contributed by atoms with Crippen LogP contribution in [0.15, 0.2) is 42.5 Å². The van der Waals surface area contributed by atoms with Crippen LogP contribution in [-0.4, -0.2) is 12.5 Å². The van der Waals surface area contributed by atoms with Crippen LogP contribution in [0.25, 0.3) is 0 Å². The van der Waals surface area contributed by atoms with E-state index in [9.17, 15) is 9.18 Å². The zero-order valence-electron chi connectivity index (χ0n) is 12.6. The van der Waals surface area contributed by atoms with Crippen molar-refractivity contribution in [3.8, 4) is 0 Å². The molecule has 0 saturated heterocycles. The van der Waals surface area contributed by atoms with Gasteiger partial charge in [-0.3, -0.25) is 4.79 Å². The fraction of sp³-hybridized carbons (Fsp3) is 0.278. The summed E-state index contributed by atoms with van der Waals surface area (Å²) < 4.78 is 13.2. The van der Waals surface area contributed by atoms with E-state index in [1.807, 2.05) is 12.1 Å². The number of carbonyl (C=O) groups is 1. The molecule has 1 aliphatic carbocycles. The predicted octanol–water partition coefficient (Wildman–Crippen LogP) is 3.40. The molecule has 1 saturated carbocycles. The molecule has 0 bridgehead atoms. The Kier molecular flexibility index (Phi) is 4.37. The summed E-state index contributed by atoms with van der Waals surface area (Å²) in [5.74, 6) is -0.475. The van der Waals surface area contributed by atoms with Crippen molar-refractivity contribution >= 4 is 17.5 Å². The Bertz CT molecular complexity index is 726. The van der Waals surface area contributed by atoms with E-state index in [1.54, 1.807) is 18.2 Å². The van der Waals surface area contributed by atoms with Crippen molar-refractivity contribution in [1.29, 1.82) is 0 Å². The lowest BCUT2D eigenvalue weighted by Crippen LogP contribution is -2.32.